The third-order valence-corrected chi connectivity index (χ3v) is 4.12. The molecule has 1 saturated heterocycles. The van der Waals surface area contributed by atoms with E-state index in [0.29, 0.717) is 29.8 Å². The molecule has 2 aromatic rings. The lowest BCUT2D eigenvalue weighted by molar-refractivity contribution is -0.389. The average Bonchev–Trinajstić information content (AvgIpc) is 2.92. The maximum atomic E-state index is 11.2. The molecule has 0 aromatic carbocycles. The van der Waals surface area contributed by atoms with Gasteiger partial charge in [-0.15, -0.1) is 0 Å². The van der Waals surface area contributed by atoms with E-state index in [0.717, 1.165) is 0 Å². The van der Waals surface area contributed by atoms with E-state index in [-0.39, 0.29) is 16.8 Å². The third kappa shape index (κ3) is 1.57. The van der Waals surface area contributed by atoms with Crippen LogP contribution in [0.1, 0.15) is 6.92 Å². The van der Waals surface area contributed by atoms with Gasteiger partial charge in [0.05, 0.1) is 0 Å². The first-order valence-electron chi connectivity index (χ1n) is 5.68. The van der Waals surface area contributed by atoms with Crippen LogP contribution in [0, 0.1) is 16.0 Å². The van der Waals surface area contributed by atoms with Gasteiger partial charge >= 0.3 is 5.82 Å². The molecule has 0 bridgehead atoms. The number of aromatic nitrogens is 2. The van der Waals surface area contributed by atoms with Crippen LogP contribution in [0.25, 0.3) is 4.96 Å². The van der Waals surface area contributed by atoms with Crippen molar-refractivity contribution in [2.75, 3.05) is 18.0 Å². The van der Waals surface area contributed by atoms with E-state index < -0.39 is 0 Å². The fraction of sp³-hybridized carbons (Fsp3) is 0.500. The average molecular weight is 267 g/mol. The number of rotatable bonds is 2. The third-order valence-electron chi connectivity index (χ3n) is 3.36. The molecule has 0 radical (unpaired) electrons. The fourth-order valence-corrected chi connectivity index (χ4v) is 3.01. The second kappa shape index (κ2) is 3.92. The molecule has 1 aliphatic rings. The second-order valence-electron chi connectivity index (χ2n) is 4.62. The first kappa shape index (κ1) is 11.4. The molecular weight excluding hydrogens is 254 g/mol. The fourth-order valence-electron chi connectivity index (χ4n) is 2.31. The van der Waals surface area contributed by atoms with Crippen LogP contribution < -0.4 is 10.6 Å². The van der Waals surface area contributed by atoms with Gasteiger partial charge in [-0.1, -0.05) is 18.3 Å². The molecule has 0 aliphatic carbocycles. The number of thiazole rings is 1. The van der Waals surface area contributed by atoms with Crippen molar-refractivity contribution in [3.05, 3.63) is 21.7 Å². The van der Waals surface area contributed by atoms with Gasteiger partial charge in [0, 0.05) is 24.5 Å². The first-order chi connectivity index (χ1) is 8.58. The van der Waals surface area contributed by atoms with Crippen molar-refractivity contribution in [2.45, 2.75) is 13.0 Å². The Labute approximate surface area is 107 Å². The molecule has 0 saturated carbocycles. The Balaban J connectivity index is 2.09. The molecule has 8 heteroatoms. The molecule has 18 heavy (non-hydrogen) atoms. The lowest BCUT2D eigenvalue weighted by Gasteiger charge is -2.13. The van der Waals surface area contributed by atoms with Gasteiger partial charge in [-0.3, -0.25) is 0 Å². The number of hydrogen-bond acceptors (Lipinski definition) is 6. The van der Waals surface area contributed by atoms with E-state index in [1.807, 2.05) is 4.90 Å². The van der Waals surface area contributed by atoms with Gasteiger partial charge in [0.25, 0.3) is 4.96 Å². The summed E-state index contributed by atoms with van der Waals surface area (Å²) < 4.78 is 1.52. The molecule has 2 unspecified atom stereocenters. The predicted octanol–water partition coefficient (Wildman–Crippen LogP) is 1.09. The van der Waals surface area contributed by atoms with Gasteiger partial charge in [0.1, 0.15) is 6.20 Å². The van der Waals surface area contributed by atoms with Crippen molar-refractivity contribution in [1.29, 1.82) is 0 Å². The summed E-state index contributed by atoms with van der Waals surface area (Å²) in [6.45, 7) is 3.38. The molecule has 2 aromatic heterocycles. The van der Waals surface area contributed by atoms with E-state index in [9.17, 15) is 10.1 Å². The van der Waals surface area contributed by atoms with Crippen LogP contribution in [0.15, 0.2) is 11.6 Å². The van der Waals surface area contributed by atoms with Gasteiger partial charge in [0.15, 0.2) is 0 Å². The quantitative estimate of drug-likeness (QED) is 0.649. The van der Waals surface area contributed by atoms with E-state index in [1.54, 1.807) is 11.6 Å². The summed E-state index contributed by atoms with van der Waals surface area (Å²) >= 11 is 1.39. The Morgan fingerprint density at radius 3 is 3.00 bits per heavy atom. The van der Waals surface area contributed by atoms with E-state index in [4.69, 9.17) is 5.73 Å². The molecule has 2 atom stereocenters. The highest BCUT2D eigenvalue weighted by Crippen LogP contribution is 2.33. The smallest absolute Gasteiger partial charge is 0.358 e. The van der Waals surface area contributed by atoms with E-state index in [1.165, 1.54) is 15.7 Å². The van der Waals surface area contributed by atoms with Crippen molar-refractivity contribution < 1.29 is 4.92 Å². The number of nitro groups is 1. The molecule has 2 N–H and O–H groups in total. The summed E-state index contributed by atoms with van der Waals surface area (Å²) in [7, 11) is 0. The number of anilines is 1. The maximum Gasteiger partial charge on any atom is 0.373 e. The van der Waals surface area contributed by atoms with Crippen molar-refractivity contribution in [3.8, 4) is 0 Å². The predicted molar refractivity (Wildman–Crippen MR) is 69.1 cm³/mol. The number of nitrogens with zero attached hydrogens (tertiary/aromatic N) is 4. The molecule has 3 rings (SSSR count). The zero-order valence-electron chi connectivity index (χ0n) is 9.81. The van der Waals surface area contributed by atoms with Gasteiger partial charge < -0.3 is 20.7 Å². The van der Waals surface area contributed by atoms with Crippen molar-refractivity contribution in [3.63, 3.8) is 0 Å². The Morgan fingerprint density at radius 1 is 1.61 bits per heavy atom. The van der Waals surface area contributed by atoms with Gasteiger partial charge in [-0.05, 0) is 10.8 Å². The summed E-state index contributed by atoms with van der Waals surface area (Å²) in [4.78, 5) is 17.7. The highest BCUT2D eigenvalue weighted by Gasteiger charge is 2.34. The molecule has 1 fully saturated rings. The van der Waals surface area contributed by atoms with Crippen molar-refractivity contribution in [2.24, 2.45) is 11.7 Å². The zero-order chi connectivity index (χ0) is 12.9. The van der Waals surface area contributed by atoms with Crippen LogP contribution in [0.5, 0.6) is 0 Å². The minimum Gasteiger partial charge on any atom is -0.358 e. The summed E-state index contributed by atoms with van der Waals surface area (Å²) in [6, 6.07) is 0.0457. The Morgan fingerprint density at radius 2 is 2.39 bits per heavy atom. The Kier molecular flexibility index (Phi) is 2.49. The molecule has 0 spiro atoms. The van der Waals surface area contributed by atoms with Crippen molar-refractivity contribution in [1.82, 2.24) is 9.38 Å². The van der Waals surface area contributed by atoms with Crippen LogP contribution in [-0.2, 0) is 0 Å². The number of hydrogen-bond donors (Lipinski definition) is 1. The highest BCUT2D eigenvalue weighted by molar-refractivity contribution is 7.15. The second-order valence-corrected chi connectivity index (χ2v) is 5.49. The number of imidazole rings is 1. The van der Waals surface area contributed by atoms with Gasteiger partial charge in [-0.2, -0.15) is 9.38 Å². The summed E-state index contributed by atoms with van der Waals surface area (Å²) in [6.07, 6.45) is 1.67. The molecular formula is C10H13N5O2S. The molecule has 0 amide bonds. The standard InChI is InChI=1S/C10H13N5O2S/c1-6-4-13(5-7(6)11)8-9(15(16)17)14-2-3-18-10(14)12-8/h2-3,6-7H,4-5,11H2,1H3. The van der Waals surface area contributed by atoms with Crippen LogP contribution in [0.4, 0.5) is 11.6 Å². The van der Waals surface area contributed by atoms with Gasteiger partial charge in [0.2, 0.25) is 5.82 Å². The number of fused-ring (bicyclic) bond motifs is 1. The van der Waals surface area contributed by atoms with Crippen molar-refractivity contribution >= 4 is 27.9 Å². The molecule has 3 heterocycles. The normalized spacial score (nSPS) is 24.0. The Bertz CT molecular complexity index is 596. The van der Waals surface area contributed by atoms with Crippen LogP contribution >= 0.6 is 11.3 Å². The van der Waals surface area contributed by atoms with E-state index in [2.05, 4.69) is 11.9 Å². The van der Waals surface area contributed by atoms with Gasteiger partial charge in [-0.25, -0.2) is 0 Å². The molecule has 96 valence electrons. The summed E-state index contributed by atoms with van der Waals surface area (Å²) in [5.41, 5.74) is 5.96. The number of nitrogens with two attached hydrogens (primary N) is 1. The Hall–Kier alpha value is -1.67. The van der Waals surface area contributed by atoms with Crippen LogP contribution in [0.3, 0.4) is 0 Å². The van der Waals surface area contributed by atoms with Crippen LogP contribution in [0.2, 0.25) is 0 Å². The SMILES string of the molecule is CC1CN(c2nc3sccn3c2[N+](=O)[O-])CC1N. The summed E-state index contributed by atoms with van der Waals surface area (Å²) in [5, 5.41) is 13.0. The molecule has 7 nitrogen and oxygen atoms in total. The largest absolute Gasteiger partial charge is 0.373 e. The lowest BCUT2D eigenvalue weighted by Crippen LogP contribution is -2.28. The topological polar surface area (TPSA) is 89.7 Å². The monoisotopic (exact) mass is 267 g/mol. The lowest BCUT2D eigenvalue weighted by atomic mass is 10.1. The highest BCUT2D eigenvalue weighted by atomic mass is 32.1. The zero-order valence-corrected chi connectivity index (χ0v) is 10.6. The maximum absolute atomic E-state index is 11.2. The molecule has 1 aliphatic heterocycles. The minimum absolute atomic E-state index is 0.0348. The van der Waals surface area contributed by atoms with Crippen LogP contribution in [-0.4, -0.2) is 33.4 Å². The first-order valence-corrected chi connectivity index (χ1v) is 6.56. The van der Waals surface area contributed by atoms with E-state index >= 15 is 0 Å². The summed E-state index contributed by atoms with van der Waals surface area (Å²) in [5.74, 6) is 0.795. The minimum atomic E-state index is -0.378.